The van der Waals surface area contributed by atoms with E-state index in [1.165, 1.54) is 84.0 Å². The number of hydrogen-bond donors (Lipinski definition) is 1. The zero-order valence-electron chi connectivity index (χ0n) is 14.4. The van der Waals surface area contributed by atoms with Crippen molar-refractivity contribution in [2.75, 3.05) is 26.2 Å². The highest BCUT2D eigenvalue weighted by atomic mass is 15.1. The lowest BCUT2D eigenvalue weighted by Crippen LogP contribution is -2.48. The van der Waals surface area contributed by atoms with Crippen molar-refractivity contribution in [3.63, 3.8) is 0 Å². The van der Waals surface area contributed by atoms with Gasteiger partial charge in [-0.25, -0.2) is 0 Å². The smallest absolute Gasteiger partial charge is 0.00684 e. The molecule has 0 aromatic rings. The van der Waals surface area contributed by atoms with Gasteiger partial charge in [0.2, 0.25) is 0 Å². The molecule has 0 atom stereocenters. The predicted molar refractivity (Wildman–Crippen MR) is 90.5 cm³/mol. The van der Waals surface area contributed by atoms with Gasteiger partial charge in [-0.1, -0.05) is 33.1 Å². The van der Waals surface area contributed by atoms with Crippen LogP contribution < -0.4 is 5.32 Å². The van der Waals surface area contributed by atoms with Gasteiger partial charge in [0.25, 0.3) is 0 Å². The molecule has 1 aliphatic heterocycles. The molecule has 0 aromatic heterocycles. The molecule has 21 heavy (non-hydrogen) atoms. The van der Waals surface area contributed by atoms with Crippen molar-refractivity contribution >= 4 is 0 Å². The summed E-state index contributed by atoms with van der Waals surface area (Å²) in [6, 6.07) is 0.871. The van der Waals surface area contributed by atoms with Gasteiger partial charge in [0.15, 0.2) is 0 Å². The Kier molecular flexibility index (Phi) is 5.27. The minimum atomic E-state index is 0.603. The molecule has 3 rings (SSSR count). The molecule has 2 nitrogen and oxygen atoms in total. The molecule has 1 N–H and O–H groups in total. The maximum absolute atomic E-state index is 3.86. The summed E-state index contributed by atoms with van der Waals surface area (Å²) in [6.45, 7) is 10.2. The summed E-state index contributed by atoms with van der Waals surface area (Å²) in [4.78, 5) is 2.80. The molecule has 2 aliphatic carbocycles. The number of likely N-dealkylation sites (tertiary alicyclic amines) is 1. The van der Waals surface area contributed by atoms with Gasteiger partial charge in [-0.2, -0.15) is 0 Å². The standard InChI is InChI=1S/C19H36N2/c1-16(2)17-8-12-21(13-9-17)15-19(10-4-3-5-11-19)14-20-18-6-7-18/h16-18,20H,3-15H2,1-2H3. The van der Waals surface area contributed by atoms with Gasteiger partial charge < -0.3 is 10.2 Å². The van der Waals surface area contributed by atoms with E-state index in [0.29, 0.717) is 5.41 Å². The van der Waals surface area contributed by atoms with Crippen LogP contribution in [0.5, 0.6) is 0 Å². The fraction of sp³-hybridized carbons (Fsp3) is 1.00. The lowest BCUT2D eigenvalue weighted by Gasteiger charge is -2.44. The zero-order valence-corrected chi connectivity index (χ0v) is 14.4. The Morgan fingerprint density at radius 3 is 2.24 bits per heavy atom. The topological polar surface area (TPSA) is 15.3 Å². The van der Waals surface area contributed by atoms with Crippen LogP contribution in [0.1, 0.15) is 71.6 Å². The molecule has 3 aliphatic rings. The number of piperidine rings is 1. The molecule has 0 radical (unpaired) electrons. The molecule has 0 spiro atoms. The molecule has 1 heterocycles. The monoisotopic (exact) mass is 292 g/mol. The van der Waals surface area contributed by atoms with E-state index in [1.54, 1.807) is 0 Å². The van der Waals surface area contributed by atoms with E-state index >= 15 is 0 Å². The number of rotatable bonds is 6. The number of nitrogens with zero attached hydrogens (tertiary/aromatic N) is 1. The highest BCUT2D eigenvalue weighted by molar-refractivity contribution is 4.92. The maximum atomic E-state index is 3.86. The van der Waals surface area contributed by atoms with Gasteiger partial charge in [-0.05, 0) is 68.9 Å². The first kappa shape index (κ1) is 15.8. The zero-order chi connectivity index (χ0) is 14.7. The van der Waals surface area contributed by atoms with Crippen LogP contribution in [0.15, 0.2) is 0 Å². The Morgan fingerprint density at radius 2 is 1.67 bits per heavy atom. The first-order valence-corrected chi connectivity index (χ1v) is 9.63. The fourth-order valence-corrected chi connectivity index (χ4v) is 4.59. The molecule has 0 amide bonds. The Balaban J connectivity index is 1.51. The third-order valence-electron chi connectivity index (χ3n) is 6.39. The molecule has 2 saturated carbocycles. The van der Waals surface area contributed by atoms with Crippen LogP contribution in [-0.2, 0) is 0 Å². The highest BCUT2D eigenvalue weighted by Gasteiger charge is 2.36. The van der Waals surface area contributed by atoms with Crippen molar-refractivity contribution in [1.82, 2.24) is 10.2 Å². The quantitative estimate of drug-likeness (QED) is 0.794. The molecule has 2 heteroatoms. The molecule has 1 saturated heterocycles. The molecule has 122 valence electrons. The van der Waals surface area contributed by atoms with Crippen LogP contribution in [0.2, 0.25) is 0 Å². The molecule has 0 aromatic carbocycles. The van der Waals surface area contributed by atoms with E-state index in [-0.39, 0.29) is 0 Å². The lowest BCUT2D eigenvalue weighted by molar-refractivity contribution is 0.0703. The van der Waals surface area contributed by atoms with Gasteiger partial charge in [-0.3, -0.25) is 0 Å². The van der Waals surface area contributed by atoms with Crippen LogP contribution in [0.25, 0.3) is 0 Å². The summed E-state index contributed by atoms with van der Waals surface area (Å²) in [7, 11) is 0. The van der Waals surface area contributed by atoms with Crippen LogP contribution in [0.3, 0.4) is 0 Å². The van der Waals surface area contributed by atoms with Crippen molar-refractivity contribution in [3.05, 3.63) is 0 Å². The Labute approximate surface area is 132 Å². The number of nitrogens with one attached hydrogen (secondary N) is 1. The highest BCUT2D eigenvalue weighted by Crippen LogP contribution is 2.38. The van der Waals surface area contributed by atoms with Gasteiger partial charge in [0.1, 0.15) is 0 Å². The fourth-order valence-electron chi connectivity index (χ4n) is 4.59. The Hall–Kier alpha value is -0.0800. The van der Waals surface area contributed by atoms with E-state index in [9.17, 15) is 0 Å². The summed E-state index contributed by atoms with van der Waals surface area (Å²) >= 11 is 0. The minimum Gasteiger partial charge on any atom is -0.313 e. The van der Waals surface area contributed by atoms with Gasteiger partial charge in [0, 0.05) is 19.1 Å². The molecule has 3 fully saturated rings. The summed E-state index contributed by atoms with van der Waals surface area (Å²) in [6.07, 6.45) is 13.1. The Morgan fingerprint density at radius 1 is 1.00 bits per heavy atom. The van der Waals surface area contributed by atoms with Crippen LogP contribution in [-0.4, -0.2) is 37.1 Å². The summed E-state index contributed by atoms with van der Waals surface area (Å²) in [5, 5.41) is 3.86. The van der Waals surface area contributed by atoms with Gasteiger partial charge in [-0.15, -0.1) is 0 Å². The first-order valence-electron chi connectivity index (χ1n) is 9.63. The molecule has 0 unspecified atom stereocenters. The third kappa shape index (κ3) is 4.45. The average Bonchev–Trinajstić information content (AvgIpc) is 3.31. The summed E-state index contributed by atoms with van der Waals surface area (Å²) in [5.41, 5.74) is 0.603. The normalized spacial score (nSPS) is 28.1. The van der Waals surface area contributed by atoms with E-state index in [0.717, 1.165) is 17.9 Å². The molecule has 0 bridgehead atoms. The van der Waals surface area contributed by atoms with Crippen molar-refractivity contribution in [2.45, 2.75) is 77.7 Å². The average molecular weight is 293 g/mol. The van der Waals surface area contributed by atoms with Crippen molar-refractivity contribution in [1.29, 1.82) is 0 Å². The number of hydrogen-bond acceptors (Lipinski definition) is 2. The lowest BCUT2D eigenvalue weighted by atomic mass is 9.73. The predicted octanol–water partition coefficient (Wildman–Crippen LogP) is 4.06. The second-order valence-electron chi connectivity index (χ2n) is 8.57. The van der Waals surface area contributed by atoms with E-state index in [1.807, 2.05) is 0 Å². The van der Waals surface area contributed by atoms with Crippen LogP contribution in [0, 0.1) is 17.3 Å². The second kappa shape index (κ2) is 7.00. The largest absolute Gasteiger partial charge is 0.313 e. The van der Waals surface area contributed by atoms with Gasteiger partial charge >= 0.3 is 0 Å². The summed E-state index contributed by atoms with van der Waals surface area (Å²) in [5.74, 6) is 1.86. The van der Waals surface area contributed by atoms with Crippen LogP contribution in [0.4, 0.5) is 0 Å². The van der Waals surface area contributed by atoms with E-state index < -0.39 is 0 Å². The van der Waals surface area contributed by atoms with Crippen molar-refractivity contribution in [2.24, 2.45) is 17.3 Å². The SMILES string of the molecule is CC(C)C1CCN(CC2(CNC3CC3)CCCCC2)CC1. The molecular formula is C19H36N2. The summed E-state index contributed by atoms with van der Waals surface area (Å²) < 4.78 is 0. The first-order chi connectivity index (χ1) is 10.2. The van der Waals surface area contributed by atoms with Gasteiger partial charge in [0.05, 0.1) is 0 Å². The second-order valence-corrected chi connectivity index (χ2v) is 8.57. The third-order valence-corrected chi connectivity index (χ3v) is 6.39. The maximum Gasteiger partial charge on any atom is 0.00684 e. The minimum absolute atomic E-state index is 0.603. The van der Waals surface area contributed by atoms with Crippen molar-refractivity contribution < 1.29 is 0 Å². The van der Waals surface area contributed by atoms with E-state index in [4.69, 9.17) is 0 Å². The van der Waals surface area contributed by atoms with E-state index in [2.05, 4.69) is 24.1 Å². The van der Waals surface area contributed by atoms with Crippen molar-refractivity contribution in [3.8, 4) is 0 Å². The Bertz CT molecular complexity index is 308. The molecular weight excluding hydrogens is 256 g/mol. The van der Waals surface area contributed by atoms with Crippen LogP contribution >= 0.6 is 0 Å².